The first-order valence-corrected chi connectivity index (χ1v) is 19.2. The fraction of sp³-hybridized carbons (Fsp3) is 0.395. The number of aromatic nitrogens is 3. The Hall–Kier alpha value is -6.05. The van der Waals surface area contributed by atoms with E-state index in [0.29, 0.717) is 53.3 Å². The summed E-state index contributed by atoms with van der Waals surface area (Å²) in [5.74, 6) is 5.08. The molecule has 0 atom stereocenters. The summed E-state index contributed by atoms with van der Waals surface area (Å²) in [6, 6.07) is 10.3. The number of carbonyl (C=O) groups excluding carboxylic acids is 4. The number of nitrogens with one attached hydrogen (secondary N) is 2. The Bertz CT molecular complexity index is 2360. The third-order valence-corrected chi connectivity index (χ3v) is 10.0. The van der Waals surface area contributed by atoms with E-state index in [1.54, 1.807) is 63.6 Å². The van der Waals surface area contributed by atoms with Crippen LogP contribution in [-0.2, 0) is 35.7 Å². The number of benzene rings is 2. The number of amides is 3. The third kappa shape index (κ3) is 10.2. The lowest BCUT2D eigenvalue weighted by Crippen LogP contribution is -2.44. The smallest absolute Gasteiger partial charge is 0.417 e. The van der Waals surface area contributed by atoms with Gasteiger partial charge in [-0.15, -0.1) is 0 Å². The first kappa shape index (κ1) is 42.6. The Morgan fingerprint density at radius 3 is 2.32 bits per heavy atom. The highest BCUT2D eigenvalue weighted by Gasteiger charge is 2.36. The Kier molecular flexibility index (Phi) is 12.3. The van der Waals surface area contributed by atoms with E-state index in [-0.39, 0.29) is 48.2 Å². The molecule has 1 saturated heterocycles. The number of piperazine rings is 1. The molecule has 2 aromatic carbocycles. The minimum atomic E-state index is -4.62. The van der Waals surface area contributed by atoms with Gasteiger partial charge in [0.2, 0.25) is 5.95 Å². The molecule has 13 nitrogen and oxygen atoms in total. The van der Waals surface area contributed by atoms with E-state index >= 15 is 0 Å². The van der Waals surface area contributed by atoms with Crippen molar-refractivity contribution in [1.82, 2.24) is 29.2 Å². The number of aryl methyl sites for hydroxylation is 1. The average molecular weight is 813 g/mol. The van der Waals surface area contributed by atoms with Gasteiger partial charge in [-0.25, -0.2) is 19.7 Å². The largest absolute Gasteiger partial charge is 0.443 e. The van der Waals surface area contributed by atoms with Crippen molar-refractivity contribution in [2.45, 2.75) is 59.4 Å². The molecule has 4 heterocycles. The fourth-order valence-corrected chi connectivity index (χ4v) is 6.81. The Morgan fingerprint density at radius 2 is 1.64 bits per heavy atom. The molecule has 2 aliphatic heterocycles. The number of imide groups is 1. The van der Waals surface area contributed by atoms with Gasteiger partial charge in [0.05, 0.1) is 28.9 Å². The van der Waals surface area contributed by atoms with E-state index < -0.39 is 35.2 Å². The molecule has 59 heavy (non-hydrogen) atoms. The average Bonchev–Trinajstić information content (AvgIpc) is 3.50. The molecule has 2 aliphatic rings. The van der Waals surface area contributed by atoms with Gasteiger partial charge in [-0.1, -0.05) is 24.0 Å². The van der Waals surface area contributed by atoms with Crippen molar-refractivity contribution >= 4 is 35.3 Å². The van der Waals surface area contributed by atoms with Gasteiger partial charge in [0, 0.05) is 81.4 Å². The molecule has 1 fully saturated rings. The fourth-order valence-electron chi connectivity index (χ4n) is 6.81. The second-order valence-corrected chi connectivity index (χ2v) is 15.8. The van der Waals surface area contributed by atoms with Crippen LogP contribution in [0.5, 0.6) is 0 Å². The topological polar surface area (TPSA) is 142 Å². The summed E-state index contributed by atoms with van der Waals surface area (Å²) >= 11 is 0. The van der Waals surface area contributed by atoms with Gasteiger partial charge in [-0.3, -0.25) is 19.3 Å². The number of hydrogen-bond donors (Lipinski definition) is 2. The number of fused-ring (bicyclic) bond motifs is 1. The summed E-state index contributed by atoms with van der Waals surface area (Å²) in [6.45, 7) is 11.5. The molecule has 0 bridgehead atoms. The molecule has 0 saturated carbocycles. The quantitative estimate of drug-likeness (QED) is 0.199. The van der Waals surface area contributed by atoms with E-state index in [0.717, 1.165) is 29.6 Å². The van der Waals surface area contributed by atoms with Crippen molar-refractivity contribution in [3.05, 3.63) is 93.3 Å². The lowest BCUT2D eigenvalue weighted by Gasteiger charge is -2.33. The van der Waals surface area contributed by atoms with Crippen molar-refractivity contribution in [2.24, 2.45) is 7.05 Å². The van der Waals surface area contributed by atoms with Gasteiger partial charge >= 0.3 is 12.3 Å². The molecule has 4 aromatic rings. The van der Waals surface area contributed by atoms with Crippen molar-refractivity contribution in [1.29, 1.82) is 0 Å². The molecular weight excluding hydrogens is 766 g/mol. The van der Waals surface area contributed by atoms with Gasteiger partial charge in [-0.05, 0) is 83.1 Å². The van der Waals surface area contributed by atoms with E-state index in [9.17, 15) is 32.3 Å². The second kappa shape index (κ2) is 17.0. The molecule has 310 valence electrons. The van der Waals surface area contributed by atoms with Gasteiger partial charge in [0.25, 0.3) is 11.8 Å². The van der Waals surface area contributed by atoms with E-state index in [4.69, 9.17) is 4.74 Å². The van der Waals surface area contributed by atoms with Crippen LogP contribution >= 0.6 is 0 Å². The first-order valence-electron chi connectivity index (χ1n) is 19.2. The van der Waals surface area contributed by atoms with Crippen molar-refractivity contribution in [2.75, 3.05) is 56.9 Å². The van der Waals surface area contributed by atoms with Crippen LogP contribution in [0.2, 0.25) is 0 Å². The third-order valence-electron chi connectivity index (χ3n) is 10.0. The lowest BCUT2D eigenvalue weighted by molar-refractivity contribution is -0.138. The van der Waals surface area contributed by atoms with Crippen molar-refractivity contribution in [3.63, 3.8) is 0 Å². The zero-order valence-corrected chi connectivity index (χ0v) is 34.1. The number of Topliss-reactive ketones (excluding diaryl/α,β-unsaturated/α-hetero) is 1. The maximum Gasteiger partial charge on any atom is 0.417 e. The highest BCUT2D eigenvalue weighted by atomic mass is 19.4. The highest BCUT2D eigenvalue weighted by molar-refractivity contribution is 6.06. The molecule has 3 amide bonds. The number of likely N-dealkylation sites (N-methyl/N-ethyl adjacent to an activating group) is 1. The normalized spacial score (nSPS) is 14.9. The van der Waals surface area contributed by atoms with Gasteiger partial charge in [0.15, 0.2) is 0 Å². The number of alkyl halides is 3. The SMILES string of the molecule is CC(=O)CNc1ncc(C#Cc2cc(C(=O)Nc3ccc(CN4CCN(C)CC4)c(C(F)(F)F)c3)ccc2C)c(-c2cc3c(n2C)CCN(C(=O)OC(C)(C)C)C3=O)n1. The number of anilines is 2. The van der Waals surface area contributed by atoms with E-state index in [1.165, 1.54) is 25.3 Å². The Balaban J connectivity index is 1.28. The molecule has 16 heteroatoms. The van der Waals surface area contributed by atoms with Crippen LogP contribution in [0.15, 0.2) is 48.7 Å². The molecule has 0 radical (unpaired) electrons. The zero-order chi connectivity index (χ0) is 42.8. The maximum absolute atomic E-state index is 14.2. The van der Waals surface area contributed by atoms with E-state index in [2.05, 4.69) is 37.3 Å². The molecular formula is C43H47F3N8O5. The van der Waals surface area contributed by atoms with Crippen LogP contribution in [0.1, 0.15) is 81.9 Å². The highest BCUT2D eigenvalue weighted by Crippen LogP contribution is 2.35. The minimum Gasteiger partial charge on any atom is -0.443 e. The predicted molar refractivity (Wildman–Crippen MR) is 216 cm³/mol. The standard InChI is InChI=1S/C43H47F3N8O5/c1-26-8-9-29(38(56)49-32-13-12-31(34(21-32)43(44,45)46)25-53-18-16-51(6)17-19-53)20-28(26)10-11-30-24-48-40(47-23-27(2)55)50-37(30)36-22-33-35(52(36)7)14-15-54(39(33)57)41(58)59-42(3,4)5/h8-9,12-13,20-22,24H,14-19,23,25H2,1-7H3,(H,49,56)(H,47,48,50). The molecule has 2 aromatic heterocycles. The summed E-state index contributed by atoms with van der Waals surface area (Å²) in [5, 5.41) is 5.51. The monoisotopic (exact) mass is 812 g/mol. The van der Waals surface area contributed by atoms with Crippen LogP contribution in [0, 0.1) is 18.8 Å². The van der Waals surface area contributed by atoms with Gasteiger partial charge in [0.1, 0.15) is 17.1 Å². The number of ether oxygens (including phenoxy) is 1. The first-order chi connectivity index (χ1) is 27.8. The minimum absolute atomic E-state index is 0.0101. The number of halogens is 3. The van der Waals surface area contributed by atoms with Crippen molar-refractivity contribution in [3.8, 4) is 23.2 Å². The summed E-state index contributed by atoms with van der Waals surface area (Å²) in [5.41, 5.74) is 2.13. The van der Waals surface area contributed by atoms with Crippen LogP contribution in [0.25, 0.3) is 11.4 Å². The second-order valence-electron chi connectivity index (χ2n) is 15.8. The van der Waals surface area contributed by atoms with Crippen LogP contribution < -0.4 is 10.6 Å². The number of nitrogens with zero attached hydrogens (tertiary/aromatic N) is 6. The maximum atomic E-state index is 14.2. The summed E-state index contributed by atoms with van der Waals surface area (Å²) in [4.78, 5) is 65.9. The summed E-state index contributed by atoms with van der Waals surface area (Å²) in [6.07, 6.45) is -3.51. The van der Waals surface area contributed by atoms with Gasteiger partial charge in [-0.2, -0.15) is 13.2 Å². The number of ketones is 1. The molecule has 0 aliphatic carbocycles. The number of rotatable bonds is 8. The van der Waals surface area contributed by atoms with Crippen LogP contribution in [0.3, 0.4) is 0 Å². The molecule has 6 rings (SSSR count). The number of carbonyl (C=O) groups is 4. The van der Waals surface area contributed by atoms with Crippen LogP contribution in [0.4, 0.5) is 29.6 Å². The summed E-state index contributed by atoms with van der Waals surface area (Å²) < 4.78 is 50.0. The lowest BCUT2D eigenvalue weighted by atomic mass is 10.0. The van der Waals surface area contributed by atoms with Crippen molar-refractivity contribution < 1.29 is 37.1 Å². The van der Waals surface area contributed by atoms with Crippen LogP contribution in [-0.4, -0.2) is 105 Å². The number of hydrogen-bond acceptors (Lipinski definition) is 10. The Morgan fingerprint density at radius 1 is 0.932 bits per heavy atom. The molecule has 0 unspecified atom stereocenters. The van der Waals surface area contributed by atoms with Gasteiger partial charge < -0.3 is 24.8 Å². The van der Waals surface area contributed by atoms with E-state index in [1.807, 2.05) is 11.9 Å². The summed E-state index contributed by atoms with van der Waals surface area (Å²) in [7, 11) is 3.76. The molecule has 2 N–H and O–H groups in total. The Labute approximate surface area is 340 Å². The predicted octanol–water partition coefficient (Wildman–Crippen LogP) is 6.14. The molecule has 0 spiro atoms. The zero-order valence-electron chi connectivity index (χ0n) is 34.1.